The van der Waals surface area contributed by atoms with Gasteiger partial charge in [-0.15, -0.1) is 0 Å². The van der Waals surface area contributed by atoms with Crippen molar-refractivity contribution in [1.82, 2.24) is 10.6 Å². The Balaban J connectivity index is 4.31. The van der Waals surface area contributed by atoms with Crippen molar-refractivity contribution in [2.24, 2.45) is 0 Å². The van der Waals surface area contributed by atoms with Crippen LogP contribution in [0.25, 0.3) is 0 Å². The van der Waals surface area contributed by atoms with Crippen LogP contribution < -0.4 is 10.6 Å². The third-order valence-corrected chi connectivity index (χ3v) is 1.87. The third kappa shape index (κ3) is 3.71. The maximum absolute atomic E-state index is 11.2. The summed E-state index contributed by atoms with van der Waals surface area (Å²) in [4.78, 5) is 21.8. The lowest BCUT2D eigenvalue weighted by Crippen LogP contribution is -2.52. The van der Waals surface area contributed by atoms with Crippen molar-refractivity contribution in [2.45, 2.75) is 32.0 Å². The lowest BCUT2D eigenvalue weighted by molar-refractivity contribution is -0.145. The number of hydrogen-bond acceptors (Lipinski definition) is 4. The van der Waals surface area contributed by atoms with Gasteiger partial charge in [0.2, 0.25) is 5.91 Å². The molecule has 6 heteroatoms. The van der Waals surface area contributed by atoms with Gasteiger partial charge in [0.1, 0.15) is 0 Å². The van der Waals surface area contributed by atoms with Gasteiger partial charge in [-0.3, -0.25) is 4.79 Å². The summed E-state index contributed by atoms with van der Waals surface area (Å²) in [5.74, 6) is -1.71. The highest BCUT2D eigenvalue weighted by Crippen LogP contribution is 1.94. The lowest BCUT2D eigenvalue weighted by Gasteiger charge is -2.19. The van der Waals surface area contributed by atoms with Crippen molar-refractivity contribution >= 4 is 11.9 Å². The van der Waals surface area contributed by atoms with E-state index in [1.54, 1.807) is 14.0 Å². The molecule has 0 aromatic heterocycles. The van der Waals surface area contributed by atoms with E-state index < -0.39 is 30.1 Å². The summed E-state index contributed by atoms with van der Waals surface area (Å²) in [5, 5.41) is 22.6. The second-order valence-corrected chi connectivity index (χ2v) is 3.08. The molecule has 0 saturated carbocycles. The number of nitrogens with one attached hydrogen (secondary N) is 2. The first kappa shape index (κ1) is 12.9. The summed E-state index contributed by atoms with van der Waals surface area (Å²) in [7, 11) is 1.59. The molecule has 0 aliphatic carbocycles. The third-order valence-electron chi connectivity index (χ3n) is 1.87. The highest BCUT2D eigenvalue weighted by Gasteiger charge is 2.26. The van der Waals surface area contributed by atoms with E-state index in [9.17, 15) is 9.59 Å². The minimum absolute atomic E-state index is 0.458. The fourth-order valence-corrected chi connectivity index (χ4v) is 0.798. The number of rotatable bonds is 5. The standard InChI is InChI=1S/C8H16N2O4/c1-4(9-3)7(12)10-6(5(2)11)8(13)14/h4-6,9,11H,1-3H3,(H,10,12)(H,13,14)/t4?,5-,6+/m1/s1. The summed E-state index contributed by atoms with van der Waals surface area (Å²) >= 11 is 0. The molecule has 0 aromatic carbocycles. The van der Waals surface area contributed by atoms with Gasteiger partial charge in [0.15, 0.2) is 6.04 Å². The Hall–Kier alpha value is -1.14. The molecular weight excluding hydrogens is 188 g/mol. The van der Waals surface area contributed by atoms with Crippen LogP contribution in [-0.2, 0) is 9.59 Å². The molecule has 0 aromatic rings. The van der Waals surface area contributed by atoms with E-state index in [-0.39, 0.29) is 0 Å². The van der Waals surface area contributed by atoms with E-state index in [0.717, 1.165) is 0 Å². The van der Waals surface area contributed by atoms with Crippen LogP contribution in [0.3, 0.4) is 0 Å². The molecule has 0 bridgehead atoms. The van der Waals surface area contributed by atoms with E-state index in [4.69, 9.17) is 10.2 Å². The van der Waals surface area contributed by atoms with Crippen LogP contribution >= 0.6 is 0 Å². The first-order chi connectivity index (χ1) is 6.40. The van der Waals surface area contributed by atoms with E-state index in [1.807, 2.05) is 0 Å². The Bertz CT molecular complexity index is 217. The fraction of sp³-hybridized carbons (Fsp3) is 0.750. The summed E-state index contributed by atoms with van der Waals surface area (Å²) < 4.78 is 0. The maximum Gasteiger partial charge on any atom is 0.328 e. The van der Waals surface area contributed by atoms with Crippen LogP contribution in [-0.4, -0.2) is 47.3 Å². The highest BCUT2D eigenvalue weighted by molar-refractivity contribution is 5.86. The summed E-state index contributed by atoms with van der Waals surface area (Å²) in [6, 6.07) is -1.76. The number of aliphatic carboxylic acids is 1. The minimum atomic E-state index is -1.27. The number of hydrogen-bond donors (Lipinski definition) is 4. The van der Waals surface area contributed by atoms with Crippen molar-refractivity contribution in [3.63, 3.8) is 0 Å². The SMILES string of the molecule is CNC(C)C(=O)N[C@H](C(=O)O)[C@@H](C)O. The molecule has 1 amide bonds. The topological polar surface area (TPSA) is 98.7 Å². The Morgan fingerprint density at radius 3 is 2.07 bits per heavy atom. The summed E-state index contributed by atoms with van der Waals surface area (Å²) in [6.07, 6.45) is -1.12. The second kappa shape index (κ2) is 5.56. The lowest BCUT2D eigenvalue weighted by atomic mass is 10.1. The van der Waals surface area contributed by atoms with Crippen LogP contribution in [0.1, 0.15) is 13.8 Å². The molecule has 14 heavy (non-hydrogen) atoms. The molecule has 6 nitrogen and oxygen atoms in total. The van der Waals surface area contributed by atoms with E-state index >= 15 is 0 Å². The van der Waals surface area contributed by atoms with E-state index in [0.29, 0.717) is 0 Å². The molecule has 0 aliphatic heterocycles. The van der Waals surface area contributed by atoms with E-state index in [2.05, 4.69) is 10.6 Å². The highest BCUT2D eigenvalue weighted by atomic mass is 16.4. The predicted molar refractivity (Wildman–Crippen MR) is 49.8 cm³/mol. The van der Waals surface area contributed by atoms with Gasteiger partial charge in [0.25, 0.3) is 0 Å². The summed E-state index contributed by atoms with van der Waals surface area (Å²) in [6.45, 7) is 2.90. The number of carboxylic acid groups (broad SMARTS) is 1. The van der Waals surface area contributed by atoms with Gasteiger partial charge in [-0.1, -0.05) is 0 Å². The maximum atomic E-state index is 11.2. The van der Waals surface area contributed by atoms with Crippen molar-refractivity contribution < 1.29 is 19.8 Å². The Labute approximate surface area is 82.3 Å². The molecule has 0 spiro atoms. The zero-order valence-electron chi connectivity index (χ0n) is 8.44. The smallest absolute Gasteiger partial charge is 0.328 e. The molecule has 3 atom stereocenters. The first-order valence-electron chi connectivity index (χ1n) is 4.28. The molecule has 0 rings (SSSR count). The van der Waals surface area contributed by atoms with Gasteiger partial charge in [-0.25, -0.2) is 4.79 Å². The van der Waals surface area contributed by atoms with Gasteiger partial charge in [-0.2, -0.15) is 0 Å². The number of carbonyl (C=O) groups is 2. The summed E-state index contributed by atoms with van der Waals surface area (Å²) in [5.41, 5.74) is 0. The van der Waals surface area contributed by atoms with Gasteiger partial charge in [-0.05, 0) is 20.9 Å². The van der Waals surface area contributed by atoms with Gasteiger partial charge in [0, 0.05) is 0 Å². The quantitative estimate of drug-likeness (QED) is 0.439. The Morgan fingerprint density at radius 2 is 1.79 bits per heavy atom. The predicted octanol–water partition coefficient (Wildman–Crippen LogP) is -1.46. The molecule has 0 radical (unpaired) electrons. The fourth-order valence-electron chi connectivity index (χ4n) is 0.798. The van der Waals surface area contributed by atoms with Crippen molar-refractivity contribution in [2.75, 3.05) is 7.05 Å². The number of likely N-dealkylation sites (N-methyl/N-ethyl adjacent to an activating group) is 1. The molecule has 0 aliphatic rings. The van der Waals surface area contributed by atoms with Crippen molar-refractivity contribution in [3.05, 3.63) is 0 Å². The number of carbonyl (C=O) groups excluding carboxylic acids is 1. The molecule has 0 heterocycles. The van der Waals surface area contributed by atoms with Crippen LogP contribution in [0.2, 0.25) is 0 Å². The van der Waals surface area contributed by atoms with Crippen molar-refractivity contribution in [3.8, 4) is 0 Å². The van der Waals surface area contributed by atoms with Gasteiger partial charge >= 0.3 is 5.97 Å². The van der Waals surface area contributed by atoms with Gasteiger partial charge in [0.05, 0.1) is 12.1 Å². The van der Waals surface area contributed by atoms with Crippen LogP contribution in [0, 0.1) is 0 Å². The number of aliphatic hydroxyl groups is 1. The Kier molecular flexibility index (Phi) is 5.11. The monoisotopic (exact) mass is 204 g/mol. The molecule has 82 valence electrons. The minimum Gasteiger partial charge on any atom is -0.480 e. The Morgan fingerprint density at radius 1 is 1.29 bits per heavy atom. The first-order valence-corrected chi connectivity index (χ1v) is 4.28. The van der Waals surface area contributed by atoms with Crippen LogP contribution in [0.5, 0.6) is 0 Å². The zero-order valence-corrected chi connectivity index (χ0v) is 8.44. The zero-order chi connectivity index (χ0) is 11.3. The largest absolute Gasteiger partial charge is 0.480 e. The number of carboxylic acids is 1. The van der Waals surface area contributed by atoms with E-state index in [1.165, 1.54) is 6.92 Å². The number of aliphatic hydroxyl groups excluding tert-OH is 1. The van der Waals surface area contributed by atoms with Crippen LogP contribution in [0.15, 0.2) is 0 Å². The molecule has 1 unspecified atom stereocenters. The molecule has 0 saturated heterocycles. The molecule has 4 N–H and O–H groups in total. The number of amides is 1. The molecular formula is C8H16N2O4. The van der Waals surface area contributed by atoms with Crippen LogP contribution in [0.4, 0.5) is 0 Å². The average molecular weight is 204 g/mol. The average Bonchev–Trinajstić information content (AvgIpc) is 2.11. The molecule has 0 fully saturated rings. The van der Waals surface area contributed by atoms with Gasteiger partial charge < -0.3 is 20.8 Å². The van der Waals surface area contributed by atoms with Crippen molar-refractivity contribution in [1.29, 1.82) is 0 Å². The normalized spacial score (nSPS) is 16.9. The second-order valence-electron chi connectivity index (χ2n) is 3.08.